The number of nitrogens with zero attached hydrogens (tertiary/aromatic N) is 2. The van der Waals surface area contributed by atoms with Gasteiger partial charge in [-0.1, -0.05) is 54.6 Å². The first kappa shape index (κ1) is 32.2. The highest BCUT2D eigenvalue weighted by Crippen LogP contribution is 2.37. The van der Waals surface area contributed by atoms with E-state index in [4.69, 9.17) is 4.74 Å². The standard InChI is InChI=1S/C36H47N3O4S/c1-38(2)34(22-15-27-9-5-4-6-10-27)30-16-13-28(14-17-30)26-37-36(40)25-35-33-12-8-7-11-29(33)23-24-39(35)44(41,42)32-20-18-31(43-3)19-21-32/h4-12,18-21,28,30,34-35H,13-17,22-26H2,1-3H3,(H,37,40). The number of methoxy groups -OCH3 is 1. The Morgan fingerprint density at radius 3 is 2.32 bits per heavy atom. The summed E-state index contributed by atoms with van der Waals surface area (Å²) in [4.78, 5) is 16.0. The largest absolute Gasteiger partial charge is 0.497 e. The van der Waals surface area contributed by atoms with Crippen molar-refractivity contribution in [3.05, 3.63) is 95.6 Å². The second-order valence-electron chi connectivity index (χ2n) is 12.6. The number of fused-ring (bicyclic) bond motifs is 1. The number of carbonyl (C=O) groups is 1. The topological polar surface area (TPSA) is 79.0 Å². The van der Waals surface area contributed by atoms with Gasteiger partial charge in [-0.3, -0.25) is 4.79 Å². The molecule has 7 nitrogen and oxygen atoms in total. The SMILES string of the molecule is COc1ccc(S(=O)(=O)N2CCc3ccccc3C2CC(=O)NCC2CCC(C(CCc3ccccc3)N(C)C)CC2)cc1. The normalized spacial score (nSPS) is 21.4. The van der Waals surface area contributed by atoms with Gasteiger partial charge in [-0.15, -0.1) is 0 Å². The Morgan fingerprint density at radius 2 is 1.64 bits per heavy atom. The van der Waals surface area contributed by atoms with Crippen LogP contribution in [0.5, 0.6) is 5.75 Å². The molecule has 0 bridgehead atoms. The summed E-state index contributed by atoms with van der Waals surface area (Å²) in [5, 5.41) is 3.18. The monoisotopic (exact) mass is 617 g/mol. The van der Waals surface area contributed by atoms with Crippen LogP contribution in [0.2, 0.25) is 0 Å². The molecule has 0 aromatic heterocycles. The summed E-state index contributed by atoms with van der Waals surface area (Å²) in [6.45, 7) is 0.979. The second kappa shape index (κ2) is 14.7. The van der Waals surface area contributed by atoms with Gasteiger partial charge in [-0.2, -0.15) is 4.31 Å². The summed E-state index contributed by atoms with van der Waals surface area (Å²) in [6, 6.07) is 25.1. The minimum absolute atomic E-state index is 0.0993. The number of nitrogens with one attached hydrogen (secondary N) is 1. The van der Waals surface area contributed by atoms with Gasteiger partial charge in [0.2, 0.25) is 15.9 Å². The molecular formula is C36H47N3O4S. The van der Waals surface area contributed by atoms with Crippen LogP contribution >= 0.6 is 0 Å². The molecular weight excluding hydrogens is 570 g/mol. The summed E-state index contributed by atoms with van der Waals surface area (Å²) in [6.07, 6.45) is 7.51. The third kappa shape index (κ3) is 7.71. The number of amides is 1. The Bertz CT molecular complexity index is 1470. The number of carbonyl (C=O) groups excluding carboxylic acids is 1. The maximum absolute atomic E-state index is 13.8. The molecule has 5 rings (SSSR count). The van der Waals surface area contributed by atoms with Gasteiger partial charge in [0.25, 0.3) is 0 Å². The third-order valence-corrected chi connectivity index (χ3v) is 11.6. The number of hydrogen-bond donors (Lipinski definition) is 1. The van der Waals surface area contributed by atoms with E-state index in [2.05, 4.69) is 54.6 Å². The molecule has 0 radical (unpaired) electrons. The molecule has 44 heavy (non-hydrogen) atoms. The van der Waals surface area contributed by atoms with Gasteiger partial charge in [-0.05, 0) is 112 Å². The fourth-order valence-corrected chi connectivity index (χ4v) is 8.77. The molecule has 1 N–H and O–H groups in total. The first-order chi connectivity index (χ1) is 21.3. The van der Waals surface area contributed by atoms with Crippen LogP contribution in [-0.2, 0) is 27.7 Å². The van der Waals surface area contributed by atoms with Gasteiger partial charge in [0.05, 0.1) is 18.0 Å². The highest BCUT2D eigenvalue weighted by molar-refractivity contribution is 7.89. The predicted octanol–water partition coefficient (Wildman–Crippen LogP) is 5.86. The van der Waals surface area contributed by atoms with E-state index < -0.39 is 16.1 Å². The molecule has 2 unspecified atom stereocenters. The lowest BCUT2D eigenvalue weighted by Gasteiger charge is -2.38. The van der Waals surface area contributed by atoms with E-state index in [1.807, 2.05) is 24.3 Å². The molecule has 1 heterocycles. The molecule has 236 valence electrons. The van der Waals surface area contributed by atoms with Crippen LogP contribution in [0.15, 0.2) is 83.8 Å². The maximum atomic E-state index is 13.8. The second-order valence-corrected chi connectivity index (χ2v) is 14.5. The molecule has 0 saturated heterocycles. The van der Waals surface area contributed by atoms with Crippen molar-refractivity contribution in [1.29, 1.82) is 0 Å². The van der Waals surface area contributed by atoms with Crippen molar-refractivity contribution in [2.24, 2.45) is 11.8 Å². The predicted molar refractivity (Wildman–Crippen MR) is 175 cm³/mol. The highest BCUT2D eigenvalue weighted by Gasteiger charge is 2.38. The van der Waals surface area contributed by atoms with E-state index >= 15 is 0 Å². The number of rotatable bonds is 12. The van der Waals surface area contributed by atoms with Crippen LogP contribution in [0.25, 0.3) is 0 Å². The molecule has 1 aliphatic heterocycles. The lowest BCUT2D eigenvalue weighted by molar-refractivity contribution is -0.122. The van der Waals surface area contributed by atoms with Crippen molar-refractivity contribution in [2.75, 3.05) is 34.3 Å². The summed E-state index contributed by atoms with van der Waals surface area (Å²) >= 11 is 0. The molecule has 1 aliphatic carbocycles. The quantitative estimate of drug-likeness (QED) is 0.276. The fraction of sp³-hybridized carbons (Fsp3) is 0.472. The lowest BCUT2D eigenvalue weighted by Crippen LogP contribution is -2.43. The van der Waals surface area contributed by atoms with Gasteiger partial charge in [0, 0.05) is 25.6 Å². The van der Waals surface area contributed by atoms with E-state index in [0.717, 1.165) is 36.8 Å². The van der Waals surface area contributed by atoms with Crippen molar-refractivity contribution in [3.63, 3.8) is 0 Å². The highest BCUT2D eigenvalue weighted by atomic mass is 32.2. The van der Waals surface area contributed by atoms with Crippen molar-refractivity contribution < 1.29 is 17.9 Å². The van der Waals surface area contributed by atoms with Gasteiger partial charge >= 0.3 is 0 Å². The third-order valence-electron chi connectivity index (χ3n) is 9.67. The van der Waals surface area contributed by atoms with Crippen LogP contribution in [-0.4, -0.2) is 63.9 Å². The molecule has 2 atom stereocenters. The zero-order valence-electron chi connectivity index (χ0n) is 26.3. The number of aryl methyl sites for hydroxylation is 1. The van der Waals surface area contributed by atoms with Crippen LogP contribution in [0.3, 0.4) is 0 Å². The lowest BCUT2D eigenvalue weighted by atomic mass is 9.76. The van der Waals surface area contributed by atoms with Crippen LogP contribution in [0.1, 0.15) is 61.3 Å². The Hall–Kier alpha value is -3.20. The Morgan fingerprint density at radius 1 is 0.955 bits per heavy atom. The van der Waals surface area contributed by atoms with Crippen LogP contribution in [0.4, 0.5) is 0 Å². The van der Waals surface area contributed by atoms with E-state index in [0.29, 0.717) is 43.1 Å². The Kier molecular flexibility index (Phi) is 10.8. The van der Waals surface area contributed by atoms with E-state index in [-0.39, 0.29) is 17.2 Å². The number of hydrogen-bond acceptors (Lipinski definition) is 5. The molecule has 3 aromatic rings. The zero-order valence-corrected chi connectivity index (χ0v) is 27.1. The van der Waals surface area contributed by atoms with E-state index in [1.54, 1.807) is 31.4 Å². The van der Waals surface area contributed by atoms with E-state index in [9.17, 15) is 13.2 Å². The number of benzene rings is 3. The smallest absolute Gasteiger partial charge is 0.243 e. The van der Waals surface area contributed by atoms with Crippen LogP contribution in [0, 0.1) is 11.8 Å². The van der Waals surface area contributed by atoms with Gasteiger partial charge < -0.3 is 15.0 Å². The molecule has 3 aromatic carbocycles. The van der Waals surface area contributed by atoms with E-state index in [1.165, 1.54) is 22.7 Å². The summed E-state index contributed by atoms with van der Waals surface area (Å²) in [5.41, 5.74) is 3.41. The molecule has 1 amide bonds. The van der Waals surface area contributed by atoms with Gasteiger partial charge in [-0.25, -0.2) is 8.42 Å². The number of ether oxygens (including phenoxy) is 1. The van der Waals surface area contributed by atoms with Crippen molar-refractivity contribution in [3.8, 4) is 5.75 Å². The first-order valence-corrected chi connectivity index (χ1v) is 17.4. The minimum Gasteiger partial charge on any atom is -0.497 e. The Labute approximate surface area is 263 Å². The Balaban J connectivity index is 1.18. The van der Waals surface area contributed by atoms with Crippen LogP contribution < -0.4 is 10.1 Å². The maximum Gasteiger partial charge on any atom is 0.243 e. The molecule has 1 saturated carbocycles. The summed E-state index contributed by atoms with van der Waals surface area (Å²) < 4.78 is 34.3. The van der Waals surface area contributed by atoms with Crippen molar-refractivity contribution in [1.82, 2.24) is 14.5 Å². The molecule has 8 heteroatoms. The van der Waals surface area contributed by atoms with Gasteiger partial charge in [0.15, 0.2) is 0 Å². The molecule has 1 fully saturated rings. The fourth-order valence-electron chi connectivity index (χ4n) is 7.17. The molecule has 0 spiro atoms. The minimum atomic E-state index is -3.81. The zero-order chi connectivity index (χ0) is 31.1. The number of sulfonamides is 1. The summed E-state index contributed by atoms with van der Waals surface area (Å²) in [7, 11) is 2.14. The van der Waals surface area contributed by atoms with Crippen molar-refractivity contribution in [2.45, 2.75) is 68.3 Å². The van der Waals surface area contributed by atoms with Crippen molar-refractivity contribution >= 4 is 15.9 Å². The van der Waals surface area contributed by atoms with Gasteiger partial charge in [0.1, 0.15) is 5.75 Å². The molecule has 2 aliphatic rings. The first-order valence-electron chi connectivity index (χ1n) is 16.0. The average molecular weight is 618 g/mol. The average Bonchev–Trinajstić information content (AvgIpc) is 3.05. The summed E-state index contributed by atoms with van der Waals surface area (Å²) in [5.74, 6) is 1.61.